The summed E-state index contributed by atoms with van der Waals surface area (Å²) >= 11 is 0. The first kappa shape index (κ1) is 28.0. The average molecular weight is 519 g/mol. The Balaban J connectivity index is 1.79. The Kier molecular flexibility index (Phi) is 9.35. The molecule has 38 heavy (non-hydrogen) atoms. The quantitative estimate of drug-likeness (QED) is 0.122. The van der Waals surface area contributed by atoms with Crippen LogP contribution in [0, 0.1) is 16.0 Å². The van der Waals surface area contributed by atoms with E-state index in [9.17, 15) is 14.9 Å². The average Bonchev–Trinajstić information content (AvgIpc) is 3.19. The van der Waals surface area contributed by atoms with Gasteiger partial charge in [-0.25, -0.2) is 4.79 Å². The van der Waals surface area contributed by atoms with Gasteiger partial charge < -0.3 is 4.84 Å². The number of benzene rings is 2. The fraction of sp³-hybridized carbons (Fsp3) is 0.562. The van der Waals surface area contributed by atoms with Crippen LogP contribution in [0.2, 0.25) is 0 Å². The third kappa shape index (κ3) is 6.00. The summed E-state index contributed by atoms with van der Waals surface area (Å²) in [6.45, 7) is 5.78. The highest BCUT2D eigenvalue weighted by Gasteiger charge is 2.43. The van der Waals surface area contributed by atoms with E-state index in [1.807, 2.05) is 12.1 Å². The molecular weight excluding hydrogens is 476 g/mol. The number of nitrogens with zero attached hydrogens (tertiary/aromatic N) is 2. The maximum Gasteiger partial charge on any atom is 0.331 e. The van der Waals surface area contributed by atoms with Crippen molar-refractivity contribution >= 4 is 17.4 Å². The molecule has 0 aliphatic heterocycles. The molecule has 2 aliphatic rings. The smallest absolute Gasteiger partial charge is 0.318 e. The lowest BCUT2D eigenvalue weighted by molar-refractivity contribution is -0.384. The lowest BCUT2D eigenvalue weighted by atomic mass is 9.70. The third-order valence-corrected chi connectivity index (χ3v) is 8.60. The Bertz CT molecular complexity index is 1170. The number of hydrogen-bond acceptors (Lipinski definition) is 5. The van der Waals surface area contributed by atoms with Crippen LogP contribution in [0.1, 0.15) is 121 Å². The zero-order valence-corrected chi connectivity index (χ0v) is 23.3. The monoisotopic (exact) mass is 518 g/mol. The Hall–Kier alpha value is -3.02. The zero-order chi connectivity index (χ0) is 27.1. The lowest BCUT2D eigenvalue weighted by Crippen LogP contribution is -2.26. The van der Waals surface area contributed by atoms with Crippen molar-refractivity contribution in [1.82, 2.24) is 0 Å². The first-order chi connectivity index (χ1) is 18.4. The van der Waals surface area contributed by atoms with Crippen LogP contribution in [-0.4, -0.2) is 16.6 Å². The van der Waals surface area contributed by atoms with Crippen molar-refractivity contribution in [3.8, 4) is 11.1 Å². The van der Waals surface area contributed by atoms with Crippen molar-refractivity contribution in [2.24, 2.45) is 11.1 Å². The number of hydrogen-bond donors (Lipinski definition) is 0. The minimum Gasteiger partial charge on any atom is -0.318 e. The van der Waals surface area contributed by atoms with Gasteiger partial charge in [0.25, 0.3) is 5.69 Å². The molecular formula is C32H42N2O4. The van der Waals surface area contributed by atoms with Crippen molar-refractivity contribution < 1.29 is 14.6 Å². The molecule has 0 saturated heterocycles. The topological polar surface area (TPSA) is 81.8 Å². The number of nitro benzene ring substituents is 1. The first-order valence-electron chi connectivity index (χ1n) is 14.6. The van der Waals surface area contributed by atoms with Gasteiger partial charge in [-0.15, -0.1) is 0 Å². The van der Waals surface area contributed by atoms with E-state index in [4.69, 9.17) is 4.84 Å². The summed E-state index contributed by atoms with van der Waals surface area (Å²) in [5.41, 5.74) is 6.26. The molecule has 2 aromatic rings. The van der Waals surface area contributed by atoms with E-state index >= 15 is 0 Å². The predicted molar refractivity (Wildman–Crippen MR) is 152 cm³/mol. The lowest BCUT2D eigenvalue weighted by Gasteiger charge is -2.33. The number of fused-ring (bicyclic) bond motifs is 3. The predicted octanol–water partition coefficient (Wildman–Crippen LogP) is 8.87. The fourth-order valence-corrected chi connectivity index (χ4v) is 6.58. The van der Waals surface area contributed by atoms with E-state index in [0.29, 0.717) is 5.92 Å². The largest absolute Gasteiger partial charge is 0.331 e. The van der Waals surface area contributed by atoms with Crippen LogP contribution in [-0.2, 0) is 15.0 Å². The maximum absolute atomic E-state index is 11.7. The number of carbonyl (C=O) groups excluding carboxylic acids is 1. The van der Waals surface area contributed by atoms with Crippen molar-refractivity contribution in [3.63, 3.8) is 0 Å². The molecule has 1 fully saturated rings. The van der Waals surface area contributed by atoms with Gasteiger partial charge >= 0.3 is 5.97 Å². The van der Waals surface area contributed by atoms with Crippen molar-refractivity contribution in [3.05, 3.63) is 63.2 Å². The summed E-state index contributed by atoms with van der Waals surface area (Å²) in [4.78, 5) is 28.3. The van der Waals surface area contributed by atoms with E-state index < -0.39 is 5.97 Å². The number of nitro groups is 1. The van der Waals surface area contributed by atoms with Crippen LogP contribution < -0.4 is 0 Å². The summed E-state index contributed by atoms with van der Waals surface area (Å²) in [5.74, 6) is 0.278. The molecule has 0 N–H and O–H groups in total. The molecule has 0 radical (unpaired) electrons. The molecule has 6 nitrogen and oxygen atoms in total. The molecule has 1 saturated carbocycles. The fourth-order valence-electron chi connectivity index (χ4n) is 6.58. The SMILES string of the molecule is CCCCC1(CCCC)c2cc(C(CCC3CCCCC3)=NOC(C)=O)ccc2-c2ccc([N+](=O)[O-])cc21. The van der Waals surface area contributed by atoms with Crippen LogP contribution in [0.3, 0.4) is 0 Å². The van der Waals surface area contributed by atoms with E-state index in [1.54, 1.807) is 6.07 Å². The Morgan fingerprint density at radius 3 is 2.24 bits per heavy atom. The van der Waals surface area contributed by atoms with E-state index in [2.05, 4.69) is 37.2 Å². The molecule has 0 aromatic heterocycles. The van der Waals surface area contributed by atoms with Gasteiger partial charge in [0.15, 0.2) is 0 Å². The number of unbranched alkanes of at least 4 members (excludes halogenated alkanes) is 2. The van der Waals surface area contributed by atoms with Crippen LogP contribution in [0.25, 0.3) is 11.1 Å². The molecule has 2 aromatic carbocycles. The van der Waals surface area contributed by atoms with Crippen molar-refractivity contribution in [1.29, 1.82) is 0 Å². The van der Waals surface area contributed by atoms with E-state index in [0.717, 1.165) is 79.3 Å². The second-order valence-electron chi connectivity index (χ2n) is 11.2. The van der Waals surface area contributed by atoms with Gasteiger partial charge in [-0.3, -0.25) is 10.1 Å². The molecule has 0 unspecified atom stereocenters. The first-order valence-corrected chi connectivity index (χ1v) is 14.6. The number of oxime groups is 1. The normalized spacial score (nSPS) is 16.7. The highest BCUT2D eigenvalue weighted by Crippen LogP contribution is 2.55. The second-order valence-corrected chi connectivity index (χ2v) is 11.2. The number of carbonyl (C=O) groups is 1. The van der Waals surface area contributed by atoms with Crippen LogP contribution in [0.15, 0.2) is 41.6 Å². The van der Waals surface area contributed by atoms with Gasteiger partial charge in [-0.1, -0.05) is 88.9 Å². The van der Waals surface area contributed by atoms with E-state index in [1.165, 1.54) is 44.6 Å². The summed E-state index contributed by atoms with van der Waals surface area (Å²) in [5, 5.41) is 16.1. The molecule has 4 rings (SSSR count). The minimum absolute atomic E-state index is 0.152. The summed E-state index contributed by atoms with van der Waals surface area (Å²) in [7, 11) is 0. The molecule has 204 valence electrons. The zero-order valence-electron chi connectivity index (χ0n) is 23.3. The summed E-state index contributed by atoms with van der Waals surface area (Å²) in [6.07, 6.45) is 14.4. The van der Waals surface area contributed by atoms with Gasteiger partial charge in [-0.2, -0.15) is 0 Å². The standard InChI is InChI=1S/C32H42N2O4/c1-4-6-19-32(20-7-5-2)29-21-25(14-16-27(29)28-17-15-26(34(36)37)22-30(28)32)31(33-38-23(3)35)18-13-24-11-9-8-10-12-24/h14-17,21-22,24H,4-13,18-20H2,1-3H3. The third-order valence-electron chi connectivity index (χ3n) is 8.60. The van der Waals surface area contributed by atoms with Gasteiger partial charge in [0.05, 0.1) is 10.6 Å². The summed E-state index contributed by atoms with van der Waals surface area (Å²) < 4.78 is 0. The Morgan fingerprint density at radius 2 is 1.63 bits per heavy atom. The van der Waals surface area contributed by atoms with Gasteiger partial charge in [-0.05, 0) is 71.6 Å². The summed E-state index contributed by atoms with van der Waals surface area (Å²) in [6, 6.07) is 11.9. The molecule has 6 heteroatoms. The van der Waals surface area contributed by atoms with Crippen molar-refractivity contribution in [2.75, 3.05) is 0 Å². The Labute approximate surface area is 227 Å². The van der Waals surface area contributed by atoms with Gasteiger partial charge in [0.1, 0.15) is 0 Å². The molecule has 0 spiro atoms. The second kappa shape index (κ2) is 12.7. The number of rotatable bonds is 12. The molecule has 0 amide bonds. The molecule has 0 heterocycles. The van der Waals surface area contributed by atoms with Crippen molar-refractivity contribution in [2.45, 2.75) is 110 Å². The highest BCUT2D eigenvalue weighted by molar-refractivity contribution is 6.01. The molecule has 2 aliphatic carbocycles. The molecule has 0 atom stereocenters. The molecule has 0 bridgehead atoms. The van der Waals surface area contributed by atoms with Gasteiger partial charge in [0, 0.05) is 24.5 Å². The van der Waals surface area contributed by atoms with Crippen LogP contribution in [0.4, 0.5) is 5.69 Å². The minimum atomic E-state index is -0.415. The number of non-ortho nitro benzene ring substituents is 1. The van der Waals surface area contributed by atoms with E-state index in [-0.39, 0.29) is 16.0 Å². The highest BCUT2D eigenvalue weighted by atomic mass is 16.7. The maximum atomic E-state index is 11.7. The Morgan fingerprint density at radius 1 is 1.00 bits per heavy atom. The van der Waals surface area contributed by atoms with Gasteiger partial charge in [0.2, 0.25) is 0 Å². The van der Waals surface area contributed by atoms with Crippen LogP contribution >= 0.6 is 0 Å². The van der Waals surface area contributed by atoms with Crippen LogP contribution in [0.5, 0.6) is 0 Å².